The number of rotatable bonds is 3. The fourth-order valence-corrected chi connectivity index (χ4v) is 0.250. The van der Waals surface area contributed by atoms with Crippen molar-refractivity contribution in [2.45, 2.75) is 12.4 Å². The first-order chi connectivity index (χ1) is 4.54. The van der Waals surface area contributed by atoms with Gasteiger partial charge >= 0.3 is 0 Å². The number of nitrogens with two attached hydrogens (primary N) is 1. The Kier molecular flexibility index (Phi) is 3.82. The first-order valence-corrected chi connectivity index (χ1v) is 2.95. The van der Waals surface area contributed by atoms with Gasteiger partial charge in [-0.05, 0) is 0 Å². The van der Waals surface area contributed by atoms with Crippen LogP contribution in [0.2, 0.25) is 0 Å². The van der Waals surface area contributed by atoms with Crippen LogP contribution in [0.3, 0.4) is 0 Å². The number of hydroxylamine groups is 1. The molecule has 5 nitrogen and oxygen atoms in total. The first kappa shape index (κ1) is 9.25. The van der Waals surface area contributed by atoms with E-state index < -0.39 is 17.3 Å². The van der Waals surface area contributed by atoms with E-state index in [2.05, 4.69) is 17.5 Å². The van der Waals surface area contributed by atoms with Crippen LogP contribution in [0.25, 0.3) is 0 Å². The molecule has 0 aromatic rings. The lowest BCUT2D eigenvalue weighted by Crippen LogP contribution is -2.33. The summed E-state index contributed by atoms with van der Waals surface area (Å²) in [6.45, 7) is 1.24. The summed E-state index contributed by atoms with van der Waals surface area (Å²) in [6, 6.07) is 0. The van der Waals surface area contributed by atoms with Crippen molar-refractivity contribution in [3.63, 3.8) is 0 Å². The van der Waals surface area contributed by atoms with Crippen molar-refractivity contribution < 1.29 is 14.4 Å². The Balaban J connectivity index is 3.49. The van der Waals surface area contributed by atoms with E-state index in [4.69, 9.17) is 5.73 Å². The second-order valence-corrected chi connectivity index (χ2v) is 2.00. The highest BCUT2D eigenvalue weighted by molar-refractivity contribution is 7.81. The molecule has 2 amide bonds. The molecular weight excluding hydrogens is 156 g/mol. The Hall–Kier alpha value is -0.750. The summed E-state index contributed by atoms with van der Waals surface area (Å²) < 4.78 is 0. The third kappa shape index (κ3) is 4.16. The molecule has 0 spiro atoms. The molecule has 3 N–H and O–H groups in total. The maximum Gasteiger partial charge on any atom is 0.259 e. The number of primary amides is 1. The molecule has 6 heteroatoms. The summed E-state index contributed by atoms with van der Waals surface area (Å²) in [4.78, 5) is 24.7. The van der Waals surface area contributed by atoms with Crippen molar-refractivity contribution in [3.8, 4) is 0 Å². The van der Waals surface area contributed by atoms with E-state index in [9.17, 15) is 9.59 Å². The largest absolute Gasteiger partial charge is 0.367 e. The van der Waals surface area contributed by atoms with Crippen LogP contribution in [0.4, 0.5) is 0 Å². The van der Waals surface area contributed by atoms with E-state index in [1.807, 2.05) is 5.48 Å². The van der Waals surface area contributed by atoms with Crippen LogP contribution in [0, 0.1) is 0 Å². The van der Waals surface area contributed by atoms with E-state index in [-0.39, 0.29) is 0 Å². The van der Waals surface area contributed by atoms with Crippen LogP contribution >= 0.6 is 12.6 Å². The average molecular weight is 164 g/mol. The number of carbonyl (C=O) groups is 2. The molecule has 0 saturated carbocycles. The SMILES string of the molecule is CC(=O)NOC(S)C(N)=O. The Morgan fingerprint density at radius 3 is 2.50 bits per heavy atom. The Bertz CT molecular complexity index is 149. The predicted molar refractivity (Wildman–Crippen MR) is 36.9 cm³/mol. The Labute approximate surface area is 63.3 Å². The first-order valence-electron chi connectivity index (χ1n) is 2.43. The molecule has 1 atom stereocenters. The van der Waals surface area contributed by atoms with E-state index in [1.54, 1.807) is 0 Å². The Morgan fingerprint density at radius 2 is 2.20 bits per heavy atom. The number of hydrogen-bond donors (Lipinski definition) is 3. The average Bonchev–Trinajstić information content (AvgIpc) is 1.82. The molecule has 0 heterocycles. The van der Waals surface area contributed by atoms with Crippen LogP contribution in [-0.4, -0.2) is 17.3 Å². The summed E-state index contributed by atoms with van der Waals surface area (Å²) in [6.07, 6.45) is 0. The van der Waals surface area contributed by atoms with Gasteiger partial charge in [-0.1, -0.05) is 0 Å². The van der Waals surface area contributed by atoms with Crippen molar-refractivity contribution in [1.29, 1.82) is 0 Å². The van der Waals surface area contributed by atoms with E-state index in [0.29, 0.717) is 0 Å². The maximum absolute atomic E-state index is 10.2. The van der Waals surface area contributed by atoms with Gasteiger partial charge in [0.1, 0.15) is 0 Å². The summed E-state index contributed by atoms with van der Waals surface area (Å²) in [5, 5.41) is 0. The van der Waals surface area contributed by atoms with Gasteiger partial charge in [-0.3, -0.25) is 9.59 Å². The number of thiol groups is 1. The molecule has 1 unspecified atom stereocenters. The third-order valence-electron chi connectivity index (χ3n) is 0.558. The van der Waals surface area contributed by atoms with Crippen LogP contribution in [-0.2, 0) is 14.4 Å². The van der Waals surface area contributed by atoms with Crippen molar-refractivity contribution in [2.75, 3.05) is 0 Å². The van der Waals surface area contributed by atoms with Crippen LogP contribution in [0.1, 0.15) is 6.92 Å². The molecule has 0 fully saturated rings. The summed E-state index contributed by atoms with van der Waals surface area (Å²) in [5.41, 5.74) is 5.55. The molecule has 0 aliphatic carbocycles. The quantitative estimate of drug-likeness (QED) is 0.278. The van der Waals surface area contributed by atoms with Gasteiger partial charge in [-0.25, -0.2) is 10.3 Å². The van der Waals surface area contributed by atoms with Crippen LogP contribution in [0.15, 0.2) is 0 Å². The number of amides is 2. The predicted octanol–water partition coefficient (Wildman–Crippen LogP) is -1.20. The van der Waals surface area contributed by atoms with Crippen molar-refractivity contribution in [1.82, 2.24) is 5.48 Å². The zero-order valence-electron chi connectivity index (χ0n) is 5.33. The van der Waals surface area contributed by atoms with E-state index >= 15 is 0 Å². The molecule has 0 aliphatic rings. The molecule has 0 rings (SSSR count). The number of carbonyl (C=O) groups excluding carboxylic acids is 2. The Morgan fingerprint density at radius 1 is 1.70 bits per heavy atom. The normalized spacial score (nSPS) is 12.2. The van der Waals surface area contributed by atoms with Gasteiger partial charge in [0.25, 0.3) is 5.91 Å². The van der Waals surface area contributed by atoms with Gasteiger partial charge in [0.05, 0.1) is 0 Å². The van der Waals surface area contributed by atoms with Gasteiger partial charge in [-0.15, -0.1) is 12.6 Å². The van der Waals surface area contributed by atoms with Crippen LogP contribution in [0.5, 0.6) is 0 Å². The second kappa shape index (κ2) is 4.13. The van der Waals surface area contributed by atoms with Gasteiger partial charge in [0.2, 0.25) is 11.3 Å². The zero-order chi connectivity index (χ0) is 8.15. The highest BCUT2D eigenvalue weighted by atomic mass is 32.1. The van der Waals surface area contributed by atoms with E-state index in [0.717, 1.165) is 0 Å². The monoisotopic (exact) mass is 164 g/mol. The summed E-state index contributed by atoms with van der Waals surface area (Å²) >= 11 is 3.59. The lowest BCUT2D eigenvalue weighted by atomic mass is 10.7. The minimum atomic E-state index is -1.09. The molecule has 10 heavy (non-hydrogen) atoms. The highest BCUT2D eigenvalue weighted by Crippen LogP contribution is 1.91. The zero-order valence-corrected chi connectivity index (χ0v) is 6.22. The van der Waals surface area contributed by atoms with Crippen molar-refractivity contribution in [3.05, 3.63) is 0 Å². The molecule has 0 aromatic heterocycles. The van der Waals surface area contributed by atoms with Gasteiger partial charge in [0, 0.05) is 6.92 Å². The molecule has 58 valence electrons. The fourth-order valence-electron chi connectivity index (χ4n) is 0.197. The fraction of sp³-hybridized carbons (Fsp3) is 0.500. The molecular formula is C4H8N2O3S. The molecule has 0 aromatic carbocycles. The number of nitrogens with one attached hydrogen (secondary N) is 1. The second-order valence-electron chi connectivity index (χ2n) is 1.53. The molecule has 0 saturated heterocycles. The minimum absolute atomic E-state index is 0.416. The topological polar surface area (TPSA) is 81.4 Å². The van der Waals surface area contributed by atoms with Gasteiger partial charge < -0.3 is 5.73 Å². The van der Waals surface area contributed by atoms with Crippen molar-refractivity contribution >= 4 is 24.4 Å². The molecule has 0 bridgehead atoms. The lowest BCUT2D eigenvalue weighted by Gasteiger charge is -2.06. The number of hydrogen-bond acceptors (Lipinski definition) is 4. The standard InChI is InChI=1S/C4H8N2O3S/c1-2(7)6-9-4(10)3(5)8/h4,10H,1H3,(H2,5,8)(H,6,7). The third-order valence-corrected chi connectivity index (χ3v) is 0.918. The summed E-state index contributed by atoms with van der Waals surface area (Å²) in [5.74, 6) is -1.17. The lowest BCUT2D eigenvalue weighted by molar-refractivity contribution is -0.138. The van der Waals surface area contributed by atoms with Crippen molar-refractivity contribution in [2.24, 2.45) is 5.73 Å². The van der Waals surface area contributed by atoms with Crippen LogP contribution < -0.4 is 11.2 Å². The highest BCUT2D eigenvalue weighted by Gasteiger charge is 2.09. The molecule has 0 radical (unpaired) electrons. The van der Waals surface area contributed by atoms with Gasteiger partial charge in [0.15, 0.2) is 0 Å². The van der Waals surface area contributed by atoms with Gasteiger partial charge in [-0.2, -0.15) is 0 Å². The van der Waals surface area contributed by atoms with E-state index in [1.165, 1.54) is 6.92 Å². The minimum Gasteiger partial charge on any atom is -0.367 e. The smallest absolute Gasteiger partial charge is 0.259 e. The molecule has 0 aliphatic heterocycles. The summed E-state index contributed by atoms with van der Waals surface area (Å²) in [7, 11) is 0. The maximum atomic E-state index is 10.2.